The van der Waals surface area contributed by atoms with Crippen LogP contribution in [0.4, 0.5) is 0 Å². The first-order valence-electron chi connectivity index (χ1n) is 6.55. The third-order valence-corrected chi connectivity index (χ3v) is 3.32. The first kappa shape index (κ1) is 12.4. The van der Waals surface area contributed by atoms with Crippen LogP contribution in [0.3, 0.4) is 0 Å². The zero-order valence-corrected chi connectivity index (χ0v) is 11.0. The molecule has 1 saturated carbocycles. The van der Waals surface area contributed by atoms with Gasteiger partial charge in [-0.2, -0.15) is 0 Å². The van der Waals surface area contributed by atoms with Crippen LogP contribution in [0.1, 0.15) is 43.0 Å². The van der Waals surface area contributed by atoms with Gasteiger partial charge in [-0.15, -0.1) is 0 Å². The van der Waals surface area contributed by atoms with Crippen molar-refractivity contribution in [1.82, 2.24) is 10.3 Å². The summed E-state index contributed by atoms with van der Waals surface area (Å²) in [6.45, 7) is 8.09. The molecule has 1 aromatic rings. The van der Waals surface area contributed by atoms with Crippen molar-refractivity contribution in [1.29, 1.82) is 0 Å². The van der Waals surface area contributed by atoms with Crippen molar-refractivity contribution in [2.75, 3.05) is 6.54 Å². The van der Waals surface area contributed by atoms with Gasteiger partial charge < -0.3 is 10.1 Å². The van der Waals surface area contributed by atoms with Crippen molar-refractivity contribution < 1.29 is 4.74 Å². The third-order valence-electron chi connectivity index (χ3n) is 3.32. The number of nitrogens with one attached hydrogen (secondary N) is 1. The SMILES string of the molecule is CCNCc1c(C)cc(C)nc1OC1CCC1. The molecule has 1 aromatic heterocycles. The van der Waals surface area contributed by atoms with Crippen LogP contribution in [0.15, 0.2) is 6.07 Å². The molecular formula is C14H22N2O. The average molecular weight is 234 g/mol. The smallest absolute Gasteiger partial charge is 0.218 e. The number of aromatic nitrogens is 1. The quantitative estimate of drug-likeness (QED) is 0.850. The fraction of sp³-hybridized carbons (Fsp3) is 0.643. The van der Waals surface area contributed by atoms with Crippen LogP contribution in [0.5, 0.6) is 5.88 Å². The number of nitrogens with zero attached hydrogens (tertiary/aromatic N) is 1. The Hall–Kier alpha value is -1.09. The number of hydrogen-bond acceptors (Lipinski definition) is 3. The van der Waals surface area contributed by atoms with E-state index in [-0.39, 0.29) is 0 Å². The highest BCUT2D eigenvalue weighted by Crippen LogP contribution is 2.28. The van der Waals surface area contributed by atoms with Crippen molar-refractivity contribution in [3.8, 4) is 5.88 Å². The van der Waals surface area contributed by atoms with E-state index in [0.717, 1.165) is 24.7 Å². The van der Waals surface area contributed by atoms with Gasteiger partial charge >= 0.3 is 0 Å². The molecule has 0 radical (unpaired) electrons. The molecule has 0 atom stereocenters. The second kappa shape index (κ2) is 5.50. The Kier molecular flexibility index (Phi) is 4.00. The Balaban J connectivity index is 2.19. The van der Waals surface area contributed by atoms with Crippen LogP contribution < -0.4 is 10.1 Å². The summed E-state index contributed by atoms with van der Waals surface area (Å²) in [4.78, 5) is 4.55. The normalized spacial score (nSPS) is 15.7. The first-order valence-corrected chi connectivity index (χ1v) is 6.55. The van der Waals surface area contributed by atoms with Crippen LogP contribution in [0.25, 0.3) is 0 Å². The molecule has 0 unspecified atom stereocenters. The fourth-order valence-corrected chi connectivity index (χ4v) is 2.04. The fourth-order valence-electron chi connectivity index (χ4n) is 2.04. The maximum atomic E-state index is 5.99. The Bertz CT molecular complexity index is 386. The molecule has 0 amide bonds. The average Bonchev–Trinajstić information content (AvgIpc) is 2.22. The maximum absolute atomic E-state index is 5.99. The van der Waals surface area contributed by atoms with Gasteiger partial charge in [0, 0.05) is 17.8 Å². The van der Waals surface area contributed by atoms with Crippen LogP contribution in [-0.4, -0.2) is 17.6 Å². The lowest BCUT2D eigenvalue weighted by molar-refractivity contribution is 0.113. The lowest BCUT2D eigenvalue weighted by Crippen LogP contribution is -2.26. The van der Waals surface area contributed by atoms with Gasteiger partial charge in [-0.25, -0.2) is 4.98 Å². The van der Waals surface area contributed by atoms with Crippen molar-refractivity contribution in [2.24, 2.45) is 0 Å². The molecule has 0 aromatic carbocycles. The molecule has 3 heteroatoms. The van der Waals surface area contributed by atoms with Crippen molar-refractivity contribution in [2.45, 2.75) is 52.7 Å². The van der Waals surface area contributed by atoms with E-state index < -0.39 is 0 Å². The molecule has 94 valence electrons. The van der Waals surface area contributed by atoms with E-state index in [2.05, 4.69) is 30.2 Å². The van der Waals surface area contributed by atoms with Crippen LogP contribution >= 0.6 is 0 Å². The molecule has 2 rings (SSSR count). The maximum Gasteiger partial charge on any atom is 0.218 e. The second-order valence-electron chi connectivity index (χ2n) is 4.82. The molecular weight excluding hydrogens is 212 g/mol. The Morgan fingerprint density at radius 1 is 1.41 bits per heavy atom. The van der Waals surface area contributed by atoms with Gasteiger partial charge in [0.15, 0.2) is 0 Å². The van der Waals surface area contributed by atoms with Gasteiger partial charge in [0.05, 0.1) is 0 Å². The number of hydrogen-bond donors (Lipinski definition) is 1. The second-order valence-corrected chi connectivity index (χ2v) is 4.82. The largest absolute Gasteiger partial charge is 0.474 e. The summed E-state index contributed by atoms with van der Waals surface area (Å²) >= 11 is 0. The molecule has 1 heterocycles. The summed E-state index contributed by atoms with van der Waals surface area (Å²) in [5, 5.41) is 3.35. The van der Waals surface area contributed by atoms with Crippen LogP contribution in [0.2, 0.25) is 0 Å². The molecule has 17 heavy (non-hydrogen) atoms. The van der Waals surface area contributed by atoms with Crippen molar-refractivity contribution in [3.63, 3.8) is 0 Å². The van der Waals surface area contributed by atoms with Crippen LogP contribution in [0, 0.1) is 13.8 Å². The number of aryl methyl sites for hydroxylation is 2. The molecule has 1 aliphatic rings. The third kappa shape index (κ3) is 2.97. The highest BCUT2D eigenvalue weighted by atomic mass is 16.5. The summed E-state index contributed by atoms with van der Waals surface area (Å²) in [6.07, 6.45) is 4.03. The van der Waals surface area contributed by atoms with E-state index in [1.165, 1.54) is 30.4 Å². The summed E-state index contributed by atoms with van der Waals surface area (Å²) in [7, 11) is 0. The lowest BCUT2D eigenvalue weighted by atomic mass is 9.96. The van der Waals surface area contributed by atoms with Gasteiger partial charge in [-0.1, -0.05) is 6.92 Å². The molecule has 0 saturated heterocycles. The Labute approximate surface area is 104 Å². The summed E-state index contributed by atoms with van der Waals surface area (Å²) in [6, 6.07) is 2.13. The van der Waals surface area contributed by atoms with Gasteiger partial charge in [-0.3, -0.25) is 0 Å². The van der Waals surface area contributed by atoms with Gasteiger partial charge in [-0.05, 0) is 51.3 Å². The molecule has 1 aliphatic carbocycles. The molecule has 1 N–H and O–H groups in total. The topological polar surface area (TPSA) is 34.2 Å². The number of pyridine rings is 1. The Morgan fingerprint density at radius 2 is 2.18 bits per heavy atom. The van der Waals surface area contributed by atoms with E-state index in [0.29, 0.717) is 6.10 Å². The van der Waals surface area contributed by atoms with Gasteiger partial charge in [0.1, 0.15) is 6.10 Å². The van der Waals surface area contributed by atoms with E-state index in [1.807, 2.05) is 6.92 Å². The zero-order chi connectivity index (χ0) is 12.3. The summed E-state index contributed by atoms with van der Waals surface area (Å²) in [5.41, 5.74) is 3.52. The van der Waals surface area contributed by atoms with Gasteiger partial charge in [0.2, 0.25) is 5.88 Å². The number of ether oxygens (including phenoxy) is 1. The predicted octanol–water partition coefficient (Wildman–Crippen LogP) is 2.74. The number of rotatable bonds is 5. The van der Waals surface area contributed by atoms with E-state index in [1.54, 1.807) is 0 Å². The first-order chi connectivity index (χ1) is 8.20. The molecule has 3 nitrogen and oxygen atoms in total. The highest BCUT2D eigenvalue weighted by molar-refractivity contribution is 5.36. The zero-order valence-electron chi connectivity index (χ0n) is 11.0. The molecule has 0 bridgehead atoms. The molecule has 0 aliphatic heterocycles. The van der Waals surface area contributed by atoms with E-state index >= 15 is 0 Å². The standard InChI is InChI=1S/C14H22N2O/c1-4-15-9-13-10(2)8-11(3)16-14(13)17-12-6-5-7-12/h8,12,15H,4-7,9H2,1-3H3. The Morgan fingerprint density at radius 3 is 2.76 bits per heavy atom. The van der Waals surface area contributed by atoms with Crippen molar-refractivity contribution in [3.05, 3.63) is 22.9 Å². The lowest BCUT2D eigenvalue weighted by Gasteiger charge is -2.27. The van der Waals surface area contributed by atoms with Crippen molar-refractivity contribution >= 4 is 0 Å². The summed E-state index contributed by atoms with van der Waals surface area (Å²) < 4.78 is 5.99. The van der Waals surface area contributed by atoms with Crippen LogP contribution in [-0.2, 0) is 6.54 Å². The summed E-state index contributed by atoms with van der Waals surface area (Å²) in [5.74, 6) is 0.841. The minimum Gasteiger partial charge on any atom is -0.474 e. The minimum atomic E-state index is 0.393. The van der Waals surface area contributed by atoms with E-state index in [4.69, 9.17) is 4.74 Å². The molecule has 0 spiro atoms. The monoisotopic (exact) mass is 234 g/mol. The molecule has 1 fully saturated rings. The highest BCUT2D eigenvalue weighted by Gasteiger charge is 2.21. The predicted molar refractivity (Wildman–Crippen MR) is 69.4 cm³/mol. The van der Waals surface area contributed by atoms with E-state index in [9.17, 15) is 0 Å². The minimum absolute atomic E-state index is 0.393. The van der Waals surface area contributed by atoms with Gasteiger partial charge in [0.25, 0.3) is 0 Å².